The second-order valence-electron chi connectivity index (χ2n) is 7.75. The summed E-state index contributed by atoms with van der Waals surface area (Å²) in [5.74, 6) is 0. The van der Waals surface area contributed by atoms with Crippen LogP contribution in [0.1, 0.15) is 59.3 Å². The molecule has 2 saturated heterocycles. The molecule has 0 aromatic heterocycles. The summed E-state index contributed by atoms with van der Waals surface area (Å²) in [5.41, 5.74) is 0.579. The van der Waals surface area contributed by atoms with Gasteiger partial charge in [0.15, 0.2) is 0 Å². The van der Waals surface area contributed by atoms with E-state index >= 15 is 0 Å². The van der Waals surface area contributed by atoms with E-state index in [-0.39, 0.29) is 0 Å². The second kappa shape index (κ2) is 4.79. The van der Waals surface area contributed by atoms with Crippen LogP contribution in [0.15, 0.2) is 0 Å². The number of hydrogen-bond donors (Lipinski definition) is 0. The summed E-state index contributed by atoms with van der Waals surface area (Å²) in [6, 6.07) is 2.52. The smallest absolute Gasteiger partial charge is 0.0224 e. The lowest BCUT2D eigenvalue weighted by atomic mass is 9.74. The zero-order chi connectivity index (χ0) is 12.8. The van der Waals surface area contributed by atoms with Crippen LogP contribution in [0.3, 0.4) is 0 Å². The summed E-state index contributed by atoms with van der Waals surface area (Å²) in [5, 5.41) is 0. The first kappa shape index (κ1) is 12.9. The lowest BCUT2D eigenvalue weighted by Crippen LogP contribution is -2.59. The molecule has 3 fully saturated rings. The third kappa shape index (κ3) is 2.46. The minimum absolute atomic E-state index is 0.579. The van der Waals surface area contributed by atoms with Crippen molar-refractivity contribution in [3.8, 4) is 0 Å². The number of fused-ring (bicyclic) bond motifs is 1. The molecule has 0 amide bonds. The minimum Gasteiger partial charge on any atom is -0.298 e. The fourth-order valence-electron chi connectivity index (χ4n) is 4.66. The van der Waals surface area contributed by atoms with Gasteiger partial charge in [-0.25, -0.2) is 0 Å². The van der Waals surface area contributed by atoms with Crippen molar-refractivity contribution in [2.24, 2.45) is 5.41 Å². The Morgan fingerprint density at radius 3 is 2.56 bits per heavy atom. The van der Waals surface area contributed by atoms with Gasteiger partial charge in [0, 0.05) is 31.2 Å². The number of hydrogen-bond acceptors (Lipinski definition) is 2. The van der Waals surface area contributed by atoms with Crippen molar-refractivity contribution >= 4 is 0 Å². The number of nitrogens with zero attached hydrogens (tertiary/aromatic N) is 2. The standard InChI is InChI=1S/C16H30N2/c1-13-11-17-9-5-7-15(17)12-18(13)14-6-4-8-16(2,3)10-14/h13-15H,4-12H2,1-3H3. The average molecular weight is 250 g/mol. The van der Waals surface area contributed by atoms with Crippen LogP contribution in [-0.2, 0) is 0 Å². The highest BCUT2D eigenvalue weighted by molar-refractivity contribution is 4.95. The summed E-state index contributed by atoms with van der Waals surface area (Å²) >= 11 is 0. The minimum atomic E-state index is 0.579. The molecule has 2 aliphatic heterocycles. The fraction of sp³-hybridized carbons (Fsp3) is 1.00. The largest absolute Gasteiger partial charge is 0.298 e. The lowest BCUT2D eigenvalue weighted by Gasteiger charge is -2.49. The van der Waals surface area contributed by atoms with E-state index in [9.17, 15) is 0 Å². The lowest BCUT2D eigenvalue weighted by molar-refractivity contribution is -0.00253. The second-order valence-corrected chi connectivity index (χ2v) is 7.75. The van der Waals surface area contributed by atoms with Gasteiger partial charge in [-0.3, -0.25) is 9.80 Å². The van der Waals surface area contributed by atoms with Crippen molar-refractivity contribution in [2.75, 3.05) is 19.6 Å². The molecule has 3 rings (SSSR count). The molecule has 2 nitrogen and oxygen atoms in total. The van der Waals surface area contributed by atoms with Crippen molar-refractivity contribution in [3.05, 3.63) is 0 Å². The van der Waals surface area contributed by atoms with Gasteiger partial charge in [-0.15, -0.1) is 0 Å². The molecular weight excluding hydrogens is 220 g/mol. The van der Waals surface area contributed by atoms with Crippen molar-refractivity contribution in [1.82, 2.24) is 9.80 Å². The normalized spacial score (nSPS) is 41.8. The Bertz CT molecular complexity index is 299. The van der Waals surface area contributed by atoms with Crippen LogP contribution in [0.5, 0.6) is 0 Å². The van der Waals surface area contributed by atoms with Gasteiger partial charge >= 0.3 is 0 Å². The summed E-state index contributed by atoms with van der Waals surface area (Å²) in [7, 11) is 0. The highest BCUT2D eigenvalue weighted by atomic mass is 15.3. The van der Waals surface area contributed by atoms with E-state index in [0.29, 0.717) is 5.41 Å². The van der Waals surface area contributed by atoms with Crippen LogP contribution in [0.25, 0.3) is 0 Å². The zero-order valence-electron chi connectivity index (χ0n) is 12.5. The van der Waals surface area contributed by atoms with E-state index in [0.717, 1.165) is 18.1 Å². The predicted octanol–water partition coefficient (Wildman–Crippen LogP) is 3.12. The third-order valence-electron chi connectivity index (χ3n) is 5.63. The number of piperazine rings is 1. The SMILES string of the molecule is CC1CN2CCCC2CN1C1CCCC(C)(C)C1. The quantitative estimate of drug-likeness (QED) is 0.705. The van der Waals surface area contributed by atoms with Crippen LogP contribution in [0.2, 0.25) is 0 Å². The van der Waals surface area contributed by atoms with Gasteiger partial charge in [0.05, 0.1) is 0 Å². The van der Waals surface area contributed by atoms with E-state index < -0.39 is 0 Å². The monoisotopic (exact) mass is 250 g/mol. The van der Waals surface area contributed by atoms with Gasteiger partial charge < -0.3 is 0 Å². The molecular formula is C16H30N2. The van der Waals surface area contributed by atoms with Crippen LogP contribution in [-0.4, -0.2) is 47.6 Å². The molecule has 1 aliphatic carbocycles. The van der Waals surface area contributed by atoms with E-state index in [1.807, 2.05) is 0 Å². The summed E-state index contributed by atoms with van der Waals surface area (Å²) in [6.07, 6.45) is 8.61. The summed E-state index contributed by atoms with van der Waals surface area (Å²) < 4.78 is 0. The molecule has 0 aromatic rings. The molecule has 0 N–H and O–H groups in total. The topological polar surface area (TPSA) is 6.48 Å². The van der Waals surface area contributed by atoms with Crippen molar-refractivity contribution in [3.63, 3.8) is 0 Å². The molecule has 0 spiro atoms. The molecule has 2 heterocycles. The maximum atomic E-state index is 2.87. The van der Waals surface area contributed by atoms with Gasteiger partial charge in [0.2, 0.25) is 0 Å². The number of rotatable bonds is 1. The first-order valence-electron chi connectivity index (χ1n) is 8.05. The Labute approximate surface area is 113 Å². The Hall–Kier alpha value is -0.0800. The van der Waals surface area contributed by atoms with Crippen LogP contribution < -0.4 is 0 Å². The van der Waals surface area contributed by atoms with E-state index in [1.165, 1.54) is 58.2 Å². The maximum Gasteiger partial charge on any atom is 0.0224 e. The Morgan fingerprint density at radius 2 is 1.78 bits per heavy atom. The van der Waals surface area contributed by atoms with Gasteiger partial charge in [0.1, 0.15) is 0 Å². The molecule has 3 unspecified atom stereocenters. The van der Waals surface area contributed by atoms with Crippen LogP contribution in [0.4, 0.5) is 0 Å². The average Bonchev–Trinajstić information content (AvgIpc) is 2.73. The van der Waals surface area contributed by atoms with Gasteiger partial charge in [-0.1, -0.05) is 20.3 Å². The van der Waals surface area contributed by atoms with Gasteiger partial charge in [-0.05, 0) is 51.0 Å². The third-order valence-corrected chi connectivity index (χ3v) is 5.63. The Balaban J connectivity index is 1.67. The predicted molar refractivity (Wildman–Crippen MR) is 76.8 cm³/mol. The van der Waals surface area contributed by atoms with Crippen molar-refractivity contribution in [1.29, 1.82) is 0 Å². The zero-order valence-corrected chi connectivity index (χ0v) is 12.5. The van der Waals surface area contributed by atoms with Gasteiger partial charge in [-0.2, -0.15) is 0 Å². The van der Waals surface area contributed by atoms with Crippen molar-refractivity contribution in [2.45, 2.75) is 77.4 Å². The first-order valence-corrected chi connectivity index (χ1v) is 8.05. The molecule has 3 aliphatic rings. The highest BCUT2D eigenvalue weighted by Crippen LogP contribution is 2.39. The summed E-state index contributed by atoms with van der Waals surface area (Å²) in [4.78, 5) is 5.61. The molecule has 3 atom stereocenters. The fourth-order valence-corrected chi connectivity index (χ4v) is 4.66. The molecule has 0 radical (unpaired) electrons. The van der Waals surface area contributed by atoms with Gasteiger partial charge in [0.25, 0.3) is 0 Å². The van der Waals surface area contributed by atoms with E-state index in [4.69, 9.17) is 0 Å². The molecule has 1 saturated carbocycles. The van der Waals surface area contributed by atoms with Crippen LogP contribution >= 0.6 is 0 Å². The molecule has 18 heavy (non-hydrogen) atoms. The highest BCUT2D eigenvalue weighted by Gasteiger charge is 2.39. The maximum absolute atomic E-state index is 2.87. The molecule has 104 valence electrons. The molecule has 0 aromatic carbocycles. The molecule has 0 bridgehead atoms. The Morgan fingerprint density at radius 1 is 1.00 bits per heavy atom. The van der Waals surface area contributed by atoms with Crippen LogP contribution in [0, 0.1) is 5.41 Å². The first-order chi connectivity index (χ1) is 8.55. The van der Waals surface area contributed by atoms with E-state index in [1.54, 1.807) is 0 Å². The Kier molecular flexibility index (Phi) is 3.44. The molecule has 2 heteroatoms. The van der Waals surface area contributed by atoms with Crippen molar-refractivity contribution < 1.29 is 0 Å². The summed E-state index contributed by atoms with van der Waals surface area (Å²) in [6.45, 7) is 11.4. The van der Waals surface area contributed by atoms with E-state index in [2.05, 4.69) is 30.6 Å².